The molecule has 0 saturated heterocycles. The van der Waals surface area contributed by atoms with Gasteiger partial charge in [0.05, 0.1) is 0 Å². The van der Waals surface area contributed by atoms with Crippen molar-refractivity contribution in [3.05, 3.63) is 59.3 Å². The first-order valence-electron chi connectivity index (χ1n) is 6.62. The number of aliphatic carboxylic acids is 1. The highest BCUT2D eigenvalue weighted by Gasteiger charge is 2.32. The van der Waals surface area contributed by atoms with E-state index in [9.17, 15) is 9.90 Å². The summed E-state index contributed by atoms with van der Waals surface area (Å²) in [6.45, 7) is 0.481. The van der Waals surface area contributed by atoms with Crippen molar-refractivity contribution < 1.29 is 9.90 Å². The first-order valence-corrected chi connectivity index (χ1v) is 6.62. The Morgan fingerprint density at radius 3 is 2.71 bits per heavy atom. The van der Waals surface area contributed by atoms with Gasteiger partial charge in [0, 0.05) is 13.0 Å². The molecule has 0 fully saturated rings. The Bertz CT molecular complexity index is 736. The van der Waals surface area contributed by atoms with Gasteiger partial charge < -0.3 is 10.0 Å². The molecule has 0 saturated carbocycles. The standard InChI is InChI=1S/C16H13N3O2/c17-9-13-6-3-7-15(18-13)19-10-12-5-2-1-4-11(12)8-14(19)16(20)21/h1-7,14H,8,10H2,(H,20,21). The maximum absolute atomic E-state index is 11.6. The van der Waals surface area contributed by atoms with E-state index in [1.807, 2.05) is 30.3 Å². The molecule has 0 radical (unpaired) electrons. The first-order chi connectivity index (χ1) is 10.2. The number of nitriles is 1. The molecule has 1 unspecified atom stereocenters. The van der Waals surface area contributed by atoms with Gasteiger partial charge in [0.2, 0.25) is 0 Å². The predicted octanol–water partition coefficient (Wildman–Crippen LogP) is 1.97. The zero-order chi connectivity index (χ0) is 14.8. The van der Waals surface area contributed by atoms with Gasteiger partial charge in [-0.05, 0) is 23.3 Å². The number of fused-ring (bicyclic) bond motifs is 1. The number of benzene rings is 1. The number of nitrogens with zero attached hydrogens (tertiary/aromatic N) is 3. The quantitative estimate of drug-likeness (QED) is 0.909. The van der Waals surface area contributed by atoms with Gasteiger partial charge >= 0.3 is 5.97 Å². The zero-order valence-corrected chi connectivity index (χ0v) is 11.2. The van der Waals surface area contributed by atoms with Gasteiger partial charge in [-0.1, -0.05) is 30.3 Å². The van der Waals surface area contributed by atoms with E-state index in [2.05, 4.69) is 4.98 Å². The third kappa shape index (κ3) is 2.43. The van der Waals surface area contributed by atoms with Crippen LogP contribution in [-0.2, 0) is 17.8 Å². The summed E-state index contributed by atoms with van der Waals surface area (Å²) >= 11 is 0. The summed E-state index contributed by atoms with van der Waals surface area (Å²) in [7, 11) is 0. The van der Waals surface area contributed by atoms with Gasteiger partial charge in [-0.15, -0.1) is 0 Å². The van der Waals surface area contributed by atoms with Crippen molar-refractivity contribution in [3.8, 4) is 6.07 Å². The second kappa shape index (κ2) is 5.25. The number of carboxylic acid groups (broad SMARTS) is 1. The van der Waals surface area contributed by atoms with Gasteiger partial charge in [-0.3, -0.25) is 0 Å². The topological polar surface area (TPSA) is 77.2 Å². The second-order valence-corrected chi connectivity index (χ2v) is 4.95. The predicted molar refractivity (Wildman–Crippen MR) is 76.7 cm³/mol. The van der Waals surface area contributed by atoms with E-state index in [1.165, 1.54) is 0 Å². The van der Waals surface area contributed by atoms with Crippen LogP contribution < -0.4 is 4.90 Å². The van der Waals surface area contributed by atoms with Crippen LogP contribution in [0.2, 0.25) is 0 Å². The number of carbonyl (C=O) groups is 1. The first kappa shape index (κ1) is 13.1. The van der Waals surface area contributed by atoms with Crippen molar-refractivity contribution in [2.75, 3.05) is 4.90 Å². The van der Waals surface area contributed by atoms with Crippen LogP contribution >= 0.6 is 0 Å². The van der Waals surface area contributed by atoms with Crippen LogP contribution in [0.25, 0.3) is 0 Å². The summed E-state index contributed by atoms with van der Waals surface area (Å²) in [5, 5.41) is 18.4. The normalized spacial score (nSPS) is 16.9. The molecule has 1 aliphatic heterocycles. The second-order valence-electron chi connectivity index (χ2n) is 4.95. The van der Waals surface area contributed by atoms with Gasteiger partial charge in [0.1, 0.15) is 23.6 Å². The fourth-order valence-electron chi connectivity index (χ4n) is 2.63. The van der Waals surface area contributed by atoms with Crippen LogP contribution in [0.5, 0.6) is 0 Å². The maximum Gasteiger partial charge on any atom is 0.326 e. The van der Waals surface area contributed by atoms with Crippen molar-refractivity contribution in [2.45, 2.75) is 19.0 Å². The molecule has 1 N–H and O–H groups in total. The molecule has 5 heteroatoms. The maximum atomic E-state index is 11.6. The van der Waals surface area contributed by atoms with Crippen LogP contribution in [0.4, 0.5) is 5.82 Å². The molecule has 0 amide bonds. The Morgan fingerprint density at radius 1 is 1.24 bits per heavy atom. The number of rotatable bonds is 2. The lowest BCUT2D eigenvalue weighted by Gasteiger charge is -2.35. The molecular formula is C16H13N3O2. The van der Waals surface area contributed by atoms with Crippen LogP contribution in [0.15, 0.2) is 42.5 Å². The molecule has 3 rings (SSSR count). The minimum absolute atomic E-state index is 0.287. The Kier molecular flexibility index (Phi) is 3.28. The summed E-state index contributed by atoms with van der Waals surface area (Å²) in [5.74, 6) is -0.357. The van der Waals surface area contributed by atoms with Crippen molar-refractivity contribution in [2.24, 2.45) is 0 Å². The number of hydrogen-bond donors (Lipinski definition) is 1. The number of anilines is 1. The van der Waals surface area contributed by atoms with Gasteiger partial charge in [-0.2, -0.15) is 5.26 Å². The fourth-order valence-corrected chi connectivity index (χ4v) is 2.63. The highest BCUT2D eigenvalue weighted by atomic mass is 16.4. The van der Waals surface area contributed by atoms with E-state index in [0.717, 1.165) is 11.1 Å². The number of hydrogen-bond acceptors (Lipinski definition) is 4. The Morgan fingerprint density at radius 2 is 2.00 bits per heavy atom. The summed E-state index contributed by atoms with van der Waals surface area (Å²) in [6.07, 6.45) is 0.434. The lowest BCUT2D eigenvalue weighted by Crippen LogP contribution is -2.46. The summed E-state index contributed by atoms with van der Waals surface area (Å²) < 4.78 is 0. The highest BCUT2D eigenvalue weighted by Crippen LogP contribution is 2.27. The summed E-state index contributed by atoms with van der Waals surface area (Å²) in [5.41, 5.74) is 2.44. The third-order valence-corrected chi connectivity index (χ3v) is 3.68. The Hall–Kier alpha value is -2.87. The molecule has 1 aromatic carbocycles. The van der Waals surface area contributed by atoms with Crippen molar-refractivity contribution in [1.29, 1.82) is 5.26 Å². The van der Waals surface area contributed by atoms with E-state index >= 15 is 0 Å². The van der Waals surface area contributed by atoms with Crippen molar-refractivity contribution in [1.82, 2.24) is 4.98 Å². The molecule has 1 aromatic heterocycles. The van der Waals surface area contributed by atoms with Gasteiger partial charge in [0.15, 0.2) is 0 Å². The minimum Gasteiger partial charge on any atom is -0.480 e. The average Bonchev–Trinajstić information content (AvgIpc) is 2.53. The molecule has 0 aliphatic carbocycles. The zero-order valence-electron chi connectivity index (χ0n) is 11.2. The molecule has 0 bridgehead atoms. The molecule has 1 aliphatic rings. The Balaban J connectivity index is 2.03. The minimum atomic E-state index is -0.881. The summed E-state index contributed by atoms with van der Waals surface area (Å²) in [4.78, 5) is 17.5. The smallest absolute Gasteiger partial charge is 0.326 e. The van der Waals surface area contributed by atoms with Crippen molar-refractivity contribution >= 4 is 11.8 Å². The highest BCUT2D eigenvalue weighted by molar-refractivity contribution is 5.79. The number of pyridine rings is 1. The molecule has 2 heterocycles. The van der Waals surface area contributed by atoms with E-state index in [-0.39, 0.29) is 5.69 Å². The average molecular weight is 279 g/mol. The molecule has 21 heavy (non-hydrogen) atoms. The van der Waals surface area contributed by atoms with Crippen molar-refractivity contribution in [3.63, 3.8) is 0 Å². The fraction of sp³-hybridized carbons (Fsp3) is 0.188. The van der Waals surface area contributed by atoms with Crippen LogP contribution in [-0.4, -0.2) is 22.1 Å². The number of aromatic nitrogens is 1. The van der Waals surface area contributed by atoms with Crippen LogP contribution in [0.3, 0.4) is 0 Å². The van der Waals surface area contributed by atoms with E-state index in [0.29, 0.717) is 18.8 Å². The van der Waals surface area contributed by atoms with E-state index in [1.54, 1.807) is 23.1 Å². The monoisotopic (exact) mass is 279 g/mol. The van der Waals surface area contributed by atoms with Gasteiger partial charge in [0.25, 0.3) is 0 Å². The third-order valence-electron chi connectivity index (χ3n) is 3.68. The number of carboxylic acids is 1. The molecule has 1 atom stereocenters. The SMILES string of the molecule is N#Cc1cccc(N2Cc3ccccc3CC2C(=O)O)n1. The van der Waals surface area contributed by atoms with Gasteiger partial charge in [-0.25, -0.2) is 9.78 Å². The lowest BCUT2D eigenvalue weighted by molar-refractivity contribution is -0.138. The molecule has 104 valence electrons. The summed E-state index contributed by atoms with van der Waals surface area (Å²) in [6, 6.07) is 14.2. The largest absolute Gasteiger partial charge is 0.480 e. The van der Waals surface area contributed by atoms with E-state index < -0.39 is 12.0 Å². The Labute approximate surface area is 122 Å². The molecule has 5 nitrogen and oxygen atoms in total. The lowest BCUT2D eigenvalue weighted by atomic mass is 9.94. The van der Waals surface area contributed by atoms with E-state index in [4.69, 9.17) is 5.26 Å². The van der Waals surface area contributed by atoms with Crippen LogP contribution in [0, 0.1) is 11.3 Å². The molecule has 2 aromatic rings. The van der Waals surface area contributed by atoms with Crippen LogP contribution in [0.1, 0.15) is 16.8 Å². The molecule has 0 spiro atoms. The molecular weight excluding hydrogens is 266 g/mol.